The Labute approximate surface area is 106 Å². The number of rotatable bonds is 3. The first-order valence-corrected chi connectivity index (χ1v) is 5.83. The van der Waals surface area contributed by atoms with Gasteiger partial charge in [0.1, 0.15) is 17.6 Å². The van der Waals surface area contributed by atoms with Crippen molar-refractivity contribution in [2.45, 2.75) is 20.3 Å². The van der Waals surface area contributed by atoms with Crippen LogP contribution in [-0.4, -0.2) is 17.1 Å². The Hall–Kier alpha value is -2.28. The zero-order valence-electron chi connectivity index (χ0n) is 10.7. The minimum absolute atomic E-state index is 0.402. The van der Waals surface area contributed by atoms with Crippen LogP contribution in [0.15, 0.2) is 18.2 Å². The van der Waals surface area contributed by atoms with Gasteiger partial charge in [-0.05, 0) is 31.0 Å². The average molecular weight is 241 g/mol. The number of aromatic amines is 1. The van der Waals surface area contributed by atoms with Gasteiger partial charge in [0.15, 0.2) is 5.69 Å². The summed E-state index contributed by atoms with van der Waals surface area (Å²) in [7, 11) is 1.62. The number of nitriles is 1. The van der Waals surface area contributed by atoms with Crippen molar-refractivity contribution in [1.82, 2.24) is 9.97 Å². The summed E-state index contributed by atoms with van der Waals surface area (Å²) in [4.78, 5) is 7.29. The Morgan fingerprint density at radius 3 is 2.83 bits per heavy atom. The monoisotopic (exact) mass is 241 g/mol. The number of methoxy groups -OCH3 is 1. The Morgan fingerprint density at radius 2 is 2.22 bits per heavy atom. The maximum absolute atomic E-state index is 9.11. The molecule has 0 saturated heterocycles. The molecule has 0 spiro atoms. The van der Waals surface area contributed by atoms with E-state index in [-0.39, 0.29) is 0 Å². The summed E-state index contributed by atoms with van der Waals surface area (Å²) in [6.07, 6.45) is 0.937. The molecule has 1 aromatic carbocycles. The Morgan fingerprint density at radius 1 is 1.44 bits per heavy atom. The molecule has 0 aliphatic heterocycles. The number of imidazole rings is 1. The molecule has 92 valence electrons. The van der Waals surface area contributed by atoms with Crippen LogP contribution in [0.25, 0.3) is 11.3 Å². The maximum atomic E-state index is 9.11. The van der Waals surface area contributed by atoms with Crippen LogP contribution in [0.1, 0.15) is 24.0 Å². The highest BCUT2D eigenvalue weighted by Crippen LogP contribution is 2.31. The van der Waals surface area contributed by atoms with Crippen molar-refractivity contribution in [2.75, 3.05) is 7.11 Å². The van der Waals surface area contributed by atoms with Gasteiger partial charge in [-0.15, -0.1) is 0 Å². The Balaban J connectivity index is 2.64. The van der Waals surface area contributed by atoms with Gasteiger partial charge in [-0.3, -0.25) is 0 Å². The Bertz CT molecular complexity index is 608. The van der Waals surface area contributed by atoms with Crippen LogP contribution in [0.2, 0.25) is 0 Å². The summed E-state index contributed by atoms with van der Waals surface area (Å²) in [5.41, 5.74) is 3.21. The lowest BCUT2D eigenvalue weighted by molar-refractivity contribution is 0.416. The van der Waals surface area contributed by atoms with Gasteiger partial charge in [-0.1, -0.05) is 13.0 Å². The highest BCUT2D eigenvalue weighted by atomic mass is 16.5. The van der Waals surface area contributed by atoms with E-state index >= 15 is 0 Å². The number of aryl methyl sites for hydroxylation is 2. The second-order valence-corrected chi connectivity index (χ2v) is 4.05. The summed E-state index contributed by atoms with van der Waals surface area (Å²) in [6.45, 7) is 3.93. The topological polar surface area (TPSA) is 61.7 Å². The number of hydrogen-bond acceptors (Lipinski definition) is 3. The van der Waals surface area contributed by atoms with E-state index in [4.69, 9.17) is 10.00 Å². The smallest absolute Gasteiger partial charge is 0.166 e. The quantitative estimate of drug-likeness (QED) is 0.898. The van der Waals surface area contributed by atoms with Crippen molar-refractivity contribution in [3.8, 4) is 23.1 Å². The van der Waals surface area contributed by atoms with Crippen LogP contribution in [0, 0.1) is 18.3 Å². The summed E-state index contributed by atoms with van der Waals surface area (Å²) in [6, 6.07) is 8.09. The van der Waals surface area contributed by atoms with Gasteiger partial charge in [-0.25, -0.2) is 4.98 Å². The lowest BCUT2D eigenvalue weighted by Crippen LogP contribution is -1.92. The molecule has 4 heteroatoms. The largest absolute Gasteiger partial charge is 0.496 e. The molecule has 0 unspecified atom stereocenters. The molecular weight excluding hydrogens is 226 g/mol. The molecule has 0 aliphatic carbocycles. The predicted octanol–water partition coefficient (Wildman–Crippen LogP) is 2.83. The number of H-pyrrole nitrogens is 1. The fourth-order valence-corrected chi connectivity index (χ4v) is 1.94. The summed E-state index contributed by atoms with van der Waals surface area (Å²) in [5, 5.41) is 9.11. The van der Waals surface area contributed by atoms with Crippen molar-refractivity contribution in [3.05, 3.63) is 35.3 Å². The van der Waals surface area contributed by atoms with E-state index in [1.807, 2.05) is 25.1 Å². The van der Waals surface area contributed by atoms with Crippen LogP contribution in [0.4, 0.5) is 0 Å². The third-order valence-electron chi connectivity index (χ3n) is 2.87. The third kappa shape index (κ3) is 2.07. The molecule has 0 aliphatic rings. The van der Waals surface area contributed by atoms with Gasteiger partial charge >= 0.3 is 0 Å². The van der Waals surface area contributed by atoms with Gasteiger partial charge < -0.3 is 9.72 Å². The van der Waals surface area contributed by atoms with Crippen molar-refractivity contribution in [3.63, 3.8) is 0 Å². The standard InChI is InChI=1S/C14H15N3O/c1-4-10-5-6-13(18-3)11(7-10)14-12(8-15)16-9(2)17-14/h5-7H,4H2,1-3H3,(H,16,17). The molecule has 0 fully saturated rings. The van der Waals surface area contributed by atoms with Crippen molar-refractivity contribution >= 4 is 0 Å². The van der Waals surface area contributed by atoms with Gasteiger partial charge in [-0.2, -0.15) is 5.26 Å². The molecule has 1 N–H and O–H groups in total. The molecule has 0 bridgehead atoms. The average Bonchev–Trinajstić information content (AvgIpc) is 2.79. The Kier molecular flexibility index (Phi) is 3.33. The lowest BCUT2D eigenvalue weighted by Gasteiger charge is -2.09. The van der Waals surface area contributed by atoms with E-state index in [0.717, 1.165) is 29.3 Å². The molecular formula is C14H15N3O. The number of hydrogen-bond donors (Lipinski definition) is 1. The van der Waals surface area contributed by atoms with Crippen LogP contribution in [0.3, 0.4) is 0 Å². The molecule has 0 saturated carbocycles. The van der Waals surface area contributed by atoms with E-state index in [1.54, 1.807) is 7.11 Å². The second kappa shape index (κ2) is 4.92. The first kappa shape index (κ1) is 12.2. The zero-order valence-corrected chi connectivity index (χ0v) is 10.7. The summed E-state index contributed by atoms with van der Waals surface area (Å²) in [5.74, 6) is 1.47. The van der Waals surface area contributed by atoms with Crippen molar-refractivity contribution in [2.24, 2.45) is 0 Å². The molecule has 18 heavy (non-hydrogen) atoms. The van der Waals surface area contributed by atoms with E-state index in [9.17, 15) is 0 Å². The van der Waals surface area contributed by atoms with Crippen LogP contribution in [-0.2, 0) is 6.42 Å². The van der Waals surface area contributed by atoms with Gasteiger partial charge in [0, 0.05) is 5.56 Å². The first-order chi connectivity index (χ1) is 8.69. The second-order valence-electron chi connectivity index (χ2n) is 4.05. The third-order valence-corrected chi connectivity index (χ3v) is 2.87. The molecule has 1 aromatic heterocycles. The van der Waals surface area contributed by atoms with Gasteiger partial charge in [0.25, 0.3) is 0 Å². The minimum atomic E-state index is 0.402. The molecule has 1 heterocycles. The fourth-order valence-electron chi connectivity index (χ4n) is 1.94. The molecule has 0 atom stereocenters. The van der Waals surface area contributed by atoms with Gasteiger partial charge in [0.2, 0.25) is 0 Å². The fraction of sp³-hybridized carbons (Fsp3) is 0.286. The van der Waals surface area contributed by atoms with Crippen molar-refractivity contribution < 1.29 is 4.74 Å². The maximum Gasteiger partial charge on any atom is 0.166 e. The zero-order chi connectivity index (χ0) is 13.1. The lowest BCUT2D eigenvalue weighted by atomic mass is 10.0. The predicted molar refractivity (Wildman–Crippen MR) is 69.4 cm³/mol. The molecule has 2 aromatic rings. The minimum Gasteiger partial charge on any atom is -0.496 e. The van der Waals surface area contributed by atoms with E-state index in [0.29, 0.717) is 5.69 Å². The highest BCUT2D eigenvalue weighted by Gasteiger charge is 2.14. The highest BCUT2D eigenvalue weighted by molar-refractivity contribution is 5.72. The van der Waals surface area contributed by atoms with Gasteiger partial charge in [0.05, 0.1) is 12.8 Å². The van der Waals surface area contributed by atoms with Crippen LogP contribution >= 0.6 is 0 Å². The summed E-state index contributed by atoms with van der Waals surface area (Å²) >= 11 is 0. The number of nitrogens with zero attached hydrogens (tertiary/aromatic N) is 2. The van der Waals surface area contributed by atoms with Crippen LogP contribution in [0.5, 0.6) is 5.75 Å². The molecule has 4 nitrogen and oxygen atoms in total. The normalized spacial score (nSPS) is 10.1. The molecule has 0 radical (unpaired) electrons. The number of benzene rings is 1. The number of ether oxygens (including phenoxy) is 1. The number of nitrogens with one attached hydrogen (secondary N) is 1. The van der Waals surface area contributed by atoms with E-state index < -0.39 is 0 Å². The van der Waals surface area contributed by atoms with Crippen LogP contribution < -0.4 is 4.74 Å². The first-order valence-electron chi connectivity index (χ1n) is 5.83. The van der Waals surface area contributed by atoms with E-state index in [2.05, 4.69) is 23.0 Å². The molecule has 0 amide bonds. The van der Waals surface area contributed by atoms with Crippen molar-refractivity contribution in [1.29, 1.82) is 5.26 Å². The molecule has 2 rings (SSSR count). The van der Waals surface area contributed by atoms with E-state index in [1.165, 1.54) is 5.56 Å². The number of aromatic nitrogens is 2. The summed E-state index contributed by atoms with van der Waals surface area (Å²) < 4.78 is 5.35. The SMILES string of the molecule is CCc1ccc(OC)c(-c2[nH]c(C)nc2C#N)c1.